The fourth-order valence-electron chi connectivity index (χ4n) is 7.34. The van der Waals surface area contributed by atoms with Gasteiger partial charge in [0.1, 0.15) is 40.2 Å². The Hall–Kier alpha value is -4.18. The Morgan fingerprint density at radius 2 is 1.74 bits per heavy atom. The molecule has 1 aliphatic heterocycles. The van der Waals surface area contributed by atoms with Crippen LogP contribution in [0.3, 0.4) is 0 Å². The monoisotopic (exact) mass is 771 g/mol. The zero-order valence-corrected chi connectivity index (χ0v) is 32.4. The molecule has 1 saturated heterocycles. The standard InChI is InChI=1S/C37H49N5O9S2/c1-7-22-18-37(22,34(45)41-53(47,48)24-15-16-24)40-31(43)26-17-21(25-20-52-32(38-25)29-27(49-5)13-10-14-28(29)50-6)19-42(26)33(44)30(36(2,3)4)39-35(46)51-23-11-8-9-12-23/h7,10,13-14,20-24,26,30H,1,8-9,11-12,15-19H2,2-6H3,(H,39,46)(H,40,43)(H,41,45)/t21-,22-,26+,30?,37-/m1/s1. The van der Waals surface area contributed by atoms with Crippen LogP contribution in [0.2, 0.25) is 0 Å². The number of methoxy groups -OCH3 is 2. The predicted octanol–water partition coefficient (Wildman–Crippen LogP) is 4.26. The predicted molar refractivity (Wildman–Crippen MR) is 198 cm³/mol. The first kappa shape index (κ1) is 38.5. The summed E-state index contributed by atoms with van der Waals surface area (Å²) >= 11 is 1.37. The van der Waals surface area contributed by atoms with Gasteiger partial charge < -0.3 is 29.7 Å². The second kappa shape index (κ2) is 14.9. The van der Waals surface area contributed by atoms with E-state index >= 15 is 0 Å². The zero-order chi connectivity index (χ0) is 38.3. The number of hydrogen-bond donors (Lipinski definition) is 3. The fourth-order valence-corrected chi connectivity index (χ4v) is 9.65. The highest BCUT2D eigenvalue weighted by Gasteiger charge is 2.62. The van der Waals surface area contributed by atoms with Gasteiger partial charge in [-0.25, -0.2) is 18.2 Å². The highest BCUT2D eigenvalue weighted by atomic mass is 32.2. The molecule has 2 aromatic rings. The molecular formula is C37H49N5O9S2. The molecule has 0 spiro atoms. The minimum absolute atomic E-state index is 0.0925. The van der Waals surface area contributed by atoms with Gasteiger partial charge in [0.25, 0.3) is 5.91 Å². The third kappa shape index (κ3) is 8.03. The number of nitrogens with one attached hydrogen (secondary N) is 3. The summed E-state index contributed by atoms with van der Waals surface area (Å²) in [5.41, 5.74) is -0.994. The molecule has 0 radical (unpaired) electrons. The maximum Gasteiger partial charge on any atom is 0.408 e. The minimum atomic E-state index is -3.89. The van der Waals surface area contributed by atoms with E-state index in [9.17, 15) is 27.6 Å². The average molecular weight is 772 g/mol. The number of hydrogen-bond acceptors (Lipinski definition) is 11. The van der Waals surface area contributed by atoms with Crippen molar-refractivity contribution >= 4 is 45.2 Å². The van der Waals surface area contributed by atoms with Gasteiger partial charge in [0, 0.05) is 23.8 Å². The number of sulfonamides is 1. The van der Waals surface area contributed by atoms with E-state index < -0.39 is 74.0 Å². The van der Waals surface area contributed by atoms with Crippen molar-refractivity contribution in [2.45, 2.75) is 107 Å². The number of aromatic nitrogens is 1. The Morgan fingerprint density at radius 1 is 1.08 bits per heavy atom. The molecule has 53 heavy (non-hydrogen) atoms. The summed E-state index contributed by atoms with van der Waals surface area (Å²) in [7, 11) is -0.770. The van der Waals surface area contributed by atoms with Crippen LogP contribution in [0.4, 0.5) is 4.79 Å². The molecule has 4 fully saturated rings. The lowest BCUT2D eigenvalue weighted by Gasteiger charge is -2.35. The van der Waals surface area contributed by atoms with Crippen molar-refractivity contribution in [1.29, 1.82) is 0 Å². The summed E-state index contributed by atoms with van der Waals surface area (Å²) in [5.74, 6) is -1.70. The highest BCUT2D eigenvalue weighted by Crippen LogP contribution is 2.46. The number of rotatable bonds is 13. The maximum absolute atomic E-state index is 14.6. The SMILES string of the molecule is C=C[C@@H]1C[C@]1(NC(=O)[C@@H]1C[C@@H](c2csc(-c3c(OC)cccc3OC)n2)CN1C(=O)C(NC(=O)OC1CCCC1)C(C)(C)C)C(=O)NS(=O)(=O)C1CC1. The molecule has 1 unspecified atom stereocenters. The van der Waals surface area contributed by atoms with Gasteiger partial charge in [-0.15, -0.1) is 17.9 Å². The van der Waals surface area contributed by atoms with Gasteiger partial charge in [-0.05, 0) is 68.9 Å². The van der Waals surface area contributed by atoms with Crippen molar-refractivity contribution in [2.75, 3.05) is 20.8 Å². The molecule has 4 aliphatic rings. The maximum atomic E-state index is 14.6. The summed E-state index contributed by atoms with van der Waals surface area (Å²) in [6.45, 7) is 9.34. The second-order valence-corrected chi connectivity index (χ2v) is 18.3. The number of ether oxygens (including phenoxy) is 3. The zero-order valence-electron chi connectivity index (χ0n) is 30.8. The molecule has 3 saturated carbocycles. The van der Waals surface area contributed by atoms with E-state index in [4.69, 9.17) is 19.2 Å². The van der Waals surface area contributed by atoms with E-state index in [2.05, 4.69) is 21.9 Å². The minimum Gasteiger partial charge on any atom is -0.496 e. The molecule has 1 aromatic carbocycles. The molecule has 2 heterocycles. The summed E-state index contributed by atoms with van der Waals surface area (Å²) in [4.78, 5) is 62.0. The van der Waals surface area contributed by atoms with Gasteiger partial charge in [0.2, 0.25) is 21.8 Å². The van der Waals surface area contributed by atoms with Crippen LogP contribution in [0, 0.1) is 11.3 Å². The van der Waals surface area contributed by atoms with E-state index in [0.29, 0.717) is 40.6 Å². The normalized spacial score (nSPS) is 24.9. The van der Waals surface area contributed by atoms with Crippen molar-refractivity contribution in [3.8, 4) is 22.1 Å². The molecule has 3 aliphatic carbocycles. The highest BCUT2D eigenvalue weighted by molar-refractivity contribution is 7.91. The number of nitrogens with zero attached hydrogens (tertiary/aromatic N) is 2. The first-order chi connectivity index (χ1) is 25.1. The lowest BCUT2D eigenvalue weighted by molar-refractivity contribution is -0.142. The molecule has 5 atom stereocenters. The Morgan fingerprint density at radius 3 is 2.30 bits per heavy atom. The Labute approximate surface area is 314 Å². The van der Waals surface area contributed by atoms with Crippen molar-refractivity contribution in [2.24, 2.45) is 11.3 Å². The number of amides is 4. The molecular weight excluding hydrogens is 723 g/mol. The van der Waals surface area contributed by atoms with Crippen molar-refractivity contribution < 1.29 is 41.8 Å². The molecule has 14 nitrogen and oxygen atoms in total. The van der Waals surface area contributed by atoms with Crippen LogP contribution in [0.25, 0.3) is 10.6 Å². The van der Waals surface area contributed by atoms with Crippen molar-refractivity contribution in [3.63, 3.8) is 0 Å². The number of thiazole rings is 1. The molecule has 0 bridgehead atoms. The van der Waals surface area contributed by atoms with E-state index in [1.807, 2.05) is 44.4 Å². The van der Waals surface area contributed by atoms with E-state index in [-0.39, 0.29) is 25.5 Å². The third-order valence-corrected chi connectivity index (χ3v) is 13.4. The first-order valence-electron chi connectivity index (χ1n) is 18.1. The topological polar surface area (TPSA) is 182 Å². The van der Waals surface area contributed by atoms with Gasteiger partial charge in [-0.2, -0.15) is 0 Å². The number of carbonyl (C=O) groups excluding carboxylic acids is 4. The number of benzene rings is 1. The summed E-state index contributed by atoms with van der Waals surface area (Å²) in [6.07, 6.45) is 5.30. The van der Waals surface area contributed by atoms with Crippen LogP contribution >= 0.6 is 11.3 Å². The molecule has 16 heteroatoms. The Bertz CT molecular complexity index is 1840. The summed E-state index contributed by atoms with van der Waals surface area (Å²) in [6, 6.07) is 3.29. The molecule has 6 rings (SSSR count). The molecule has 288 valence electrons. The number of carbonyl (C=O) groups is 4. The fraction of sp³-hybridized carbons (Fsp3) is 0.595. The number of likely N-dealkylation sites (tertiary alicyclic amines) is 1. The van der Waals surface area contributed by atoms with Crippen LogP contribution in [0.5, 0.6) is 11.5 Å². The summed E-state index contributed by atoms with van der Waals surface area (Å²) in [5, 5.41) is 7.49. The molecule has 4 amide bonds. The van der Waals surface area contributed by atoms with Crippen LogP contribution in [0.15, 0.2) is 36.2 Å². The van der Waals surface area contributed by atoms with E-state index in [1.165, 1.54) is 22.3 Å². The van der Waals surface area contributed by atoms with Crippen LogP contribution in [-0.2, 0) is 29.1 Å². The lowest BCUT2D eigenvalue weighted by atomic mass is 9.85. The molecule has 3 N–H and O–H groups in total. The summed E-state index contributed by atoms with van der Waals surface area (Å²) < 4.78 is 44.5. The van der Waals surface area contributed by atoms with Crippen LogP contribution < -0.4 is 24.8 Å². The van der Waals surface area contributed by atoms with Gasteiger partial charge in [0.15, 0.2) is 0 Å². The van der Waals surface area contributed by atoms with E-state index in [1.54, 1.807) is 14.2 Å². The number of alkyl carbamates (subject to hydrolysis) is 1. The second-order valence-electron chi connectivity index (χ2n) is 15.5. The van der Waals surface area contributed by atoms with Crippen molar-refractivity contribution in [3.05, 3.63) is 41.9 Å². The van der Waals surface area contributed by atoms with Gasteiger partial charge in [0.05, 0.1) is 30.7 Å². The van der Waals surface area contributed by atoms with Gasteiger partial charge in [-0.3, -0.25) is 19.1 Å². The van der Waals surface area contributed by atoms with E-state index in [0.717, 1.165) is 25.7 Å². The Balaban J connectivity index is 1.30. The Kier molecular flexibility index (Phi) is 10.9. The lowest BCUT2D eigenvalue weighted by Crippen LogP contribution is -2.60. The average Bonchev–Trinajstić information content (AvgIpc) is 3.88. The third-order valence-electron chi connectivity index (χ3n) is 10.7. The first-order valence-corrected chi connectivity index (χ1v) is 20.5. The van der Waals surface area contributed by atoms with Crippen molar-refractivity contribution in [1.82, 2.24) is 25.2 Å². The quantitative estimate of drug-likeness (QED) is 0.249. The van der Waals surface area contributed by atoms with Crippen LogP contribution in [0.1, 0.15) is 83.7 Å². The van der Waals surface area contributed by atoms with Gasteiger partial charge >= 0.3 is 6.09 Å². The van der Waals surface area contributed by atoms with Crippen LogP contribution in [-0.4, -0.2) is 91.9 Å². The largest absolute Gasteiger partial charge is 0.496 e. The smallest absolute Gasteiger partial charge is 0.408 e. The van der Waals surface area contributed by atoms with Gasteiger partial charge in [-0.1, -0.05) is 32.9 Å². The molecule has 1 aromatic heterocycles.